The average Bonchev–Trinajstić information content (AvgIpc) is 3.17. The Morgan fingerprint density at radius 2 is 1.32 bits per heavy atom. The molecule has 0 aliphatic carbocycles. The number of nitrogens with one attached hydrogen (secondary N) is 1. The summed E-state index contributed by atoms with van der Waals surface area (Å²) >= 11 is 1.63. The van der Waals surface area contributed by atoms with Crippen molar-refractivity contribution in [2.45, 2.75) is 38.5 Å². The minimum Gasteiger partial charge on any atom is -0.341 e. The molecule has 8 heteroatoms. The van der Waals surface area contributed by atoms with Gasteiger partial charge < -0.3 is 9.80 Å². The van der Waals surface area contributed by atoms with Gasteiger partial charge in [-0.05, 0) is 50.7 Å². The van der Waals surface area contributed by atoms with Crippen molar-refractivity contribution in [2.75, 3.05) is 41.3 Å². The largest absolute Gasteiger partial charge is 0.341 e. The first-order valence-electron chi connectivity index (χ1n) is 10.2. The van der Waals surface area contributed by atoms with Crippen molar-refractivity contribution in [3.63, 3.8) is 0 Å². The molecule has 0 amide bonds. The number of para-hydroxylation sites is 1. The van der Waals surface area contributed by atoms with Crippen LogP contribution in [-0.4, -0.2) is 46.1 Å². The summed E-state index contributed by atoms with van der Waals surface area (Å²) in [6, 6.07) is 8.17. The molecular weight excluding hydrogens is 370 g/mol. The fourth-order valence-electron chi connectivity index (χ4n) is 3.90. The summed E-state index contributed by atoms with van der Waals surface area (Å²) in [7, 11) is 0. The maximum atomic E-state index is 4.84. The quantitative estimate of drug-likeness (QED) is 0.710. The first kappa shape index (κ1) is 17.6. The predicted molar refractivity (Wildman–Crippen MR) is 115 cm³/mol. The third-order valence-electron chi connectivity index (χ3n) is 5.40. The number of fused-ring (bicyclic) bond motifs is 1. The highest BCUT2D eigenvalue weighted by Crippen LogP contribution is 2.29. The van der Waals surface area contributed by atoms with Crippen molar-refractivity contribution in [3.05, 3.63) is 24.3 Å². The van der Waals surface area contributed by atoms with Crippen LogP contribution < -0.4 is 15.1 Å². The maximum absolute atomic E-state index is 4.84. The van der Waals surface area contributed by atoms with Gasteiger partial charge in [0.2, 0.25) is 17.8 Å². The molecule has 2 saturated heterocycles. The van der Waals surface area contributed by atoms with Gasteiger partial charge >= 0.3 is 0 Å². The van der Waals surface area contributed by atoms with E-state index in [-0.39, 0.29) is 0 Å². The number of thiazole rings is 1. The number of aromatic nitrogens is 4. The highest BCUT2D eigenvalue weighted by atomic mass is 32.1. The van der Waals surface area contributed by atoms with E-state index in [2.05, 4.69) is 26.2 Å². The van der Waals surface area contributed by atoms with Crippen molar-refractivity contribution >= 4 is 44.5 Å². The minimum absolute atomic E-state index is 0.593. The van der Waals surface area contributed by atoms with E-state index in [1.165, 1.54) is 38.5 Å². The fourth-order valence-corrected chi connectivity index (χ4v) is 4.76. The Morgan fingerprint density at radius 1 is 0.714 bits per heavy atom. The first-order chi connectivity index (χ1) is 13.8. The van der Waals surface area contributed by atoms with E-state index in [9.17, 15) is 0 Å². The summed E-state index contributed by atoms with van der Waals surface area (Å²) in [4.78, 5) is 23.6. The van der Waals surface area contributed by atoms with Crippen molar-refractivity contribution in [2.24, 2.45) is 0 Å². The van der Waals surface area contributed by atoms with Gasteiger partial charge in [-0.2, -0.15) is 15.0 Å². The Labute approximate surface area is 168 Å². The van der Waals surface area contributed by atoms with Crippen molar-refractivity contribution in [1.82, 2.24) is 19.9 Å². The summed E-state index contributed by atoms with van der Waals surface area (Å²) in [5.74, 6) is 2.17. The van der Waals surface area contributed by atoms with Gasteiger partial charge in [0.25, 0.3) is 0 Å². The predicted octanol–water partition coefficient (Wildman–Crippen LogP) is 4.21. The number of hydrogen-bond donors (Lipinski definition) is 1. The van der Waals surface area contributed by atoms with E-state index >= 15 is 0 Å². The lowest BCUT2D eigenvalue weighted by molar-refractivity contribution is 0.556. The summed E-state index contributed by atoms with van der Waals surface area (Å²) in [5, 5.41) is 4.17. The molecule has 1 aromatic carbocycles. The molecule has 4 heterocycles. The standard InChI is InChI=1S/C20H25N7S/c1-5-11-26(12-6-1)18-22-17(23-19(25-18)27-13-7-2-8-14-27)24-20-21-15-9-3-4-10-16(15)28-20/h3-4,9-10H,1-2,5-8,11-14H2,(H,21,22,23,24,25). The first-order valence-corrected chi connectivity index (χ1v) is 11.1. The Balaban J connectivity index is 1.47. The van der Waals surface area contributed by atoms with Crippen molar-refractivity contribution in [3.8, 4) is 0 Å². The second kappa shape index (κ2) is 7.87. The smallest absolute Gasteiger partial charge is 0.235 e. The second-order valence-corrected chi connectivity index (χ2v) is 8.50. The van der Waals surface area contributed by atoms with Crippen LogP contribution in [0.4, 0.5) is 23.0 Å². The summed E-state index contributed by atoms with van der Waals surface area (Å²) < 4.78 is 1.16. The maximum Gasteiger partial charge on any atom is 0.235 e. The van der Waals surface area contributed by atoms with Crippen molar-refractivity contribution in [1.29, 1.82) is 0 Å². The van der Waals surface area contributed by atoms with Gasteiger partial charge in [-0.3, -0.25) is 5.32 Å². The van der Waals surface area contributed by atoms with Crippen LogP contribution >= 0.6 is 11.3 Å². The molecular formula is C20H25N7S. The molecule has 0 saturated carbocycles. The van der Waals surface area contributed by atoms with E-state index in [0.29, 0.717) is 5.95 Å². The fraction of sp³-hybridized carbons (Fsp3) is 0.500. The van der Waals surface area contributed by atoms with Crippen LogP contribution in [0.3, 0.4) is 0 Å². The van der Waals surface area contributed by atoms with E-state index in [1.807, 2.05) is 18.2 Å². The normalized spacial score (nSPS) is 17.9. The van der Waals surface area contributed by atoms with Gasteiger partial charge in [-0.1, -0.05) is 23.5 Å². The lowest BCUT2D eigenvalue weighted by Crippen LogP contribution is -2.34. The molecule has 2 fully saturated rings. The lowest BCUT2D eigenvalue weighted by Gasteiger charge is -2.30. The van der Waals surface area contributed by atoms with Crippen LogP contribution in [0.15, 0.2) is 24.3 Å². The molecule has 5 rings (SSSR count). The van der Waals surface area contributed by atoms with Gasteiger partial charge in [-0.15, -0.1) is 0 Å². The van der Waals surface area contributed by atoms with E-state index < -0.39 is 0 Å². The number of rotatable bonds is 4. The van der Waals surface area contributed by atoms with E-state index in [0.717, 1.165) is 53.4 Å². The van der Waals surface area contributed by atoms with Crippen LogP contribution in [0, 0.1) is 0 Å². The zero-order valence-electron chi connectivity index (χ0n) is 16.0. The topological polar surface area (TPSA) is 70.1 Å². The van der Waals surface area contributed by atoms with Gasteiger partial charge in [0.15, 0.2) is 5.13 Å². The van der Waals surface area contributed by atoms with Crippen LogP contribution in [0.25, 0.3) is 10.2 Å². The van der Waals surface area contributed by atoms with Crippen LogP contribution in [0.1, 0.15) is 38.5 Å². The van der Waals surface area contributed by atoms with Gasteiger partial charge in [-0.25, -0.2) is 4.98 Å². The molecule has 2 aromatic heterocycles. The summed E-state index contributed by atoms with van der Waals surface area (Å²) in [6.45, 7) is 4.07. The number of piperidine rings is 2. The number of benzene rings is 1. The molecule has 2 aliphatic heterocycles. The Hall–Kier alpha value is -2.48. The molecule has 146 valence electrons. The molecule has 28 heavy (non-hydrogen) atoms. The Kier molecular flexibility index (Phi) is 4.95. The molecule has 0 radical (unpaired) electrons. The average molecular weight is 396 g/mol. The van der Waals surface area contributed by atoms with Crippen LogP contribution in [-0.2, 0) is 0 Å². The number of hydrogen-bond acceptors (Lipinski definition) is 8. The van der Waals surface area contributed by atoms with E-state index in [1.54, 1.807) is 11.3 Å². The summed E-state index contributed by atoms with van der Waals surface area (Å²) in [5.41, 5.74) is 0.997. The monoisotopic (exact) mass is 395 g/mol. The highest BCUT2D eigenvalue weighted by molar-refractivity contribution is 7.22. The zero-order valence-corrected chi connectivity index (χ0v) is 16.8. The number of anilines is 4. The lowest BCUT2D eigenvalue weighted by atomic mass is 10.1. The molecule has 2 aliphatic rings. The van der Waals surface area contributed by atoms with Crippen LogP contribution in [0.5, 0.6) is 0 Å². The van der Waals surface area contributed by atoms with Crippen molar-refractivity contribution < 1.29 is 0 Å². The Bertz CT molecular complexity index is 875. The minimum atomic E-state index is 0.593. The van der Waals surface area contributed by atoms with Crippen LogP contribution in [0.2, 0.25) is 0 Å². The number of nitrogens with zero attached hydrogens (tertiary/aromatic N) is 6. The molecule has 0 atom stereocenters. The van der Waals surface area contributed by atoms with E-state index in [4.69, 9.17) is 15.0 Å². The van der Waals surface area contributed by atoms with Gasteiger partial charge in [0.1, 0.15) is 0 Å². The molecule has 0 unspecified atom stereocenters. The Morgan fingerprint density at radius 3 is 1.93 bits per heavy atom. The highest BCUT2D eigenvalue weighted by Gasteiger charge is 2.20. The molecule has 3 aromatic rings. The SMILES string of the molecule is c1ccc2sc(Nc3nc(N4CCCCC4)nc(N4CCCCC4)n3)nc2c1. The van der Waals surface area contributed by atoms with Gasteiger partial charge in [0.05, 0.1) is 10.2 Å². The molecule has 0 bridgehead atoms. The molecule has 7 nitrogen and oxygen atoms in total. The van der Waals surface area contributed by atoms with Gasteiger partial charge in [0, 0.05) is 26.2 Å². The molecule has 0 spiro atoms. The summed E-state index contributed by atoms with van der Waals surface area (Å²) in [6.07, 6.45) is 7.38. The molecule has 1 N–H and O–H groups in total. The third-order valence-corrected chi connectivity index (χ3v) is 6.35. The third kappa shape index (κ3) is 3.73. The zero-order chi connectivity index (χ0) is 18.8. The second-order valence-electron chi connectivity index (χ2n) is 7.47.